The fourth-order valence-electron chi connectivity index (χ4n) is 4.17. The lowest BCUT2D eigenvalue weighted by molar-refractivity contribution is 0.0729. The van der Waals surface area contributed by atoms with Crippen LogP contribution in [0.15, 0.2) is 0 Å². The van der Waals surface area contributed by atoms with Gasteiger partial charge in [-0.15, -0.1) is 0 Å². The van der Waals surface area contributed by atoms with Crippen molar-refractivity contribution in [2.45, 2.75) is 64.0 Å². The summed E-state index contributed by atoms with van der Waals surface area (Å²) in [5, 5.41) is 3.77. The number of hydrogen-bond acceptors (Lipinski definition) is 3. The van der Waals surface area contributed by atoms with Gasteiger partial charge in [-0.25, -0.2) is 0 Å². The van der Waals surface area contributed by atoms with Crippen LogP contribution in [0.5, 0.6) is 0 Å². The van der Waals surface area contributed by atoms with E-state index in [1.54, 1.807) is 0 Å². The SMILES string of the molecule is CCNC1CCCCCC1N1CCN(CC2CC2)CC1. The second-order valence-electron chi connectivity index (χ2n) is 7.15. The zero-order valence-electron chi connectivity index (χ0n) is 13.3. The molecule has 0 aromatic rings. The Morgan fingerprint density at radius 1 is 0.900 bits per heavy atom. The van der Waals surface area contributed by atoms with Gasteiger partial charge in [-0.2, -0.15) is 0 Å². The maximum atomic E-state index is 3.77. The average Bonchev–Trinajstić information content (AvgIpc) is 3.28. The molecule has 3 rings (SSSR count). The highest BCUT2D eigenvalue weighted by Gasteiger charge is 2.32. The van der Waals surface area contributed by atoms with Crippen LogP contribution >= 0.6 is 0 Å². The number of hydrogen-bond donors (Lipinski definition) is 1. The van der Waals surface area contributed by atoms with Gasteiger partial charge >= 0.3 is 0 Å². The van der Waals surface area contributed by atoms with E-state index in [2.05, 4.69) is 22.0 Å². The molecule has 0 radical (unpaired) electrons. The summed E-state index contributed by atoms with van der Waals surface area (Å²) in [6.45, 7) is 10.0. The fraction of sp³-hybridized carbons (Fsp3) is 1.00. The molecule has 3 heteroatoms. The maximum absolute atomic E-state index is 3.77. The quantitative estimate of drug-likeness (QED) is 0.779. The van der Waals surface area contributed by atoms with Gasteiger partial charge in [-0.1, -0.05) is 26.2 Å². The number of piperazine rings is 1. The molecule has 2 saturated carbocycles. The third-order valence-electron chi connectivity index (χ3n) is 5.54. The molecule has 3 aliphatic rings. The molecule has 0 bridgehead atoms. The molecule has 0 spiro atoms. The van der Waals surface area contributed by atoms with Crippen LogP contribution in [0.4, 0.5) is 0 Å². The van der Waals surface area contributed by atoms with Gasteiger partial charge in [0.2, 0.25) is 0 Å². The second kappa shape index (κ2) is 7.24. The van der Waals surface area contributed by atoms with Crippen LogP contribution in [-0.2, 0) is 0 Å². The second-order valence-corrected chi connectivity index (χ2v) is 7.15. The molecule has 1 N–H and O–H groups in total. The summed E-state index contributed by atoms with van der Waals surface area (Å²) in [4.78, 5) is 5.52. The Hall–Kier alpha value is -0.120. The molecule has 116 valence electrons. The Morgan fingerprint density at radius 3 is 2.35 bits per heavy atom. The van der Waals surface area contributed by atoms with E-state index in [0.29, 0.717) is 0 Å². The van der Waals surface area contributed by atoms with Crippen molar-refractivity contribution >= 4 is 0 Å². The zero-order chi connectivity index (χ0) is 13.8. The molecule has 3 fully saturated rings. The van der Waals surface area contributed by atoms with Crippen molar-refractivity contribution in [3.8, 4) is 0 Å². The molecule has 20 heavy (non-hydrogen) atoms. The Labute approximate surface area is 125 Å². The first kappa shape index (κ1) is 14.8. The zero-order valence-corrected chi connectivity index (χ0v) is 13.3. The monoisotopic (exact) mass is 279 g/mol. The Balaban J connectivity index is 1.50. The summed E-state index contributed by atoms with van der Waals surface area (Å²) in [5.74, 6) is 1.05. The molecule has 2 unspecified atom stereocenters. The van der Waals surface area contributed by atoms with Crippen molar-refractivity contribution in [1.29, 1.82) is 0 Å². The first-order valence-corrected chi connectivity index (χ1v) is 9.06. The standard InChI is InChI=1S/C17H33N3/c1-2-18-16-6-4-3-5-7-17(16)20-12-10-19(11-13-20)14-15-8-9-15/h15-18H,2-14H2,1H3. The smallest absolute Gasteiger partial charge is 0.0250 e. The van der Waals surface area contributed by atoms with E-state index in [1.807, 2.05) is 0 Å². The maximum Gasteiger partial charge on any atom is 0.0250 e. The van der Waals surface area contributed by atoms with Crippen LogP contribution in [0.2, 0.25) is 0 Å². The van der Waals surface area contributed by atoms with E-state index in [4.69, 9.17) is 0 Å². The topological polar surface area (TPSA) is 18.5 Å². The van der Waals surface area contributed by atoms with Gasteiger partial charge in [0.15, 0.2) is 0 Å². The number of nitrogens with one attached hydrogen (secondary N) is 1. The molecule has 1 saturated heterocycles. The molecule has 0 aromatic heterocycles. The Kier molecular flexibility index (Phi) is 5.36. The Bertz CT molecular complexity index is 282. The summed E-state index contributed by atoms with van der Waals surface area (Å²) in [6, 6.07) is 1.55. The normalized spacial score (nSPS) is 34.0. The molecular weight excluding hydrogens is 246 g/mol. The third-order valence-corrected chi connectivity index (χ3v) is 5.54. The lowest BCUT2D eigenvalue weighted by Crippen LogP contribution is -2.56. The summed E-state index contributed by atoms with van der Waals surface area (Å²) in [7, 11) is 0. The van der Waals surface area contributed by atoms with Crippen LogP contribution in [0.3, 0.4) is 0 Å². The minimum Gasteiger partial charge on any atom is -0.313 e. The molecule has 3 nitrogen and oxygen atoms in total. The largest absolute Gasteiger partial charge is 0.313 e. The van der Waals surface area contributed by atoms with Crippen LogP contribution in [0.25, 0.3) is 0 Å². The number of rotatable bonds is 5. The minimum atomic E-state index is 0.748. The van der Waals surface area contributed by atoms with Crippen molar-refractivity contribution in [3.63, 3.8) is 0 Å². The molecule has 0 aromatic carbocycles. The number of likely N-dealkylation sites (N-methyl/N-ethyl adjacent to an activating group) is 1. The van der Waals surface area contributed by atoms with Gasteiger partial charge in [-0.3, -0.25) is 4.90 Å². The number of nitrogens with zero attached hydrogens (tertiary/aromatic N) is 2. The molecule has 1 heterocycles. The molecule has 2 atom stereocenters. The third kappa shape index (κ3) is 3.96. The van der Waals surface area contributed by atoms with E-state index in [0.717, 1.165) is 24.5 Å². The van der Waals surface area contributed by atoms with E-state index in [-0.39, 0.29) is 0 Å². The van der Waals surface area contributed by atoms with Crippen LogP contribution < -0.4 is 5.32 Å². The first-order chi connectivity index (χ1) is 9.86. The van der Waals surface area contributed by atoms with Crippen LogP contribution in [-0.4, -0.2) is 61.2 Å². The highest BCUT2D eigenvalue weighted by Crippen LogP contribution is 2.30. The highest BCUT2D eigenvalue weighted by molar-refractivity contribution is 4.90. The van der Waals surface area contributed by atoms with Gasteiger partial charge in [0.25, 0.3) is 0 Å². The van der Waals surface area contributed by atoms with E-state index >= 15 is 0 Å². The lowest BCUT2D eigenvalue weighted by Gasteiger charge is -2.42. The van der Waals surface area contributed by atoms with Gasteiger partial charge in [0, 0.05) is 44.8 Å². The average molecular weight is 279 g/mol. The van der Waals surface area contributed by atoms with Crippen molar-refractivity contribution in [1.82, 2.24) is 15.1 Å². The molecule has 2 aliphatic carbocycles. The summed E-state index contributed by atoms with van der Waals surface area (Å²) >= 11 is 0. The van der Waals surface area contributed by atoms with Gasteiger partial charge < -0.3 is 10.2 Å². The molecular formula is C17H33N3. The fourth-order valence-corrected chi connectivity index (χ4v) is 4.17. The van der Waals surface area contributed by atoms with E-state index in [9.17, 15) is 0 Å². The Morgan fingerprint density at radius 2 is 1.65 bits per heavy atom. The van der Waals surface area contributed by atoms with Crippen LogP contribution in [0.1, 0.15) is 51.9 Å². The van der Waals surface area contributed by atoms with Gasteiger partial charge in [0.1, 0.15) is 0 Å². The van der Waals surface area contributed by atoms with Crippen molar-refractivity contribution < 1.29 is 0 Å². The van der Waals surface area contributed by atoms with Crippen molar-refractivity contribution in [2.75, 3.05) is 39.3 Å². The minimum absolute atomic E-state index is 0.748. The summed E-state index contributed by atoms with van der Waals surface area (Å²) in [6.07, 6.45) is 10.1. The first-order valence-electron chi connectivity index (χ1n) is 9.06. The highest BCUT2D eigenvalue weighted by atomic mass is 15.3. The van der Waals surface area contributed by atoms with Gasteiger partial charge in [0.05, 0.1) is 0 Å². The van der Waals surface area contributed by atoms with Crippen molar-refractivity contribution in [3.05, 3.63) is 0 Å². The summed E-state index contributed by atoms with van der Waals surface area (Å²) in [5.41, 5.74) is 0. The van der Waals surface area contributed by atoms with E-state index in [1.165, 1.54) is 77.7 Å². The van der Waals surface area contributed by atoms with Crippen LogP contribution in [0, 0.1) is 5.92 Å². The van der Waals surface area contributed by atoms with Gasteiger partial charge in [-0.05, 0) is 38.1 Å². The molecule has 0 amide bonds. The lowest BCUT2D eigenvalue weighted by atomic mass is 10.00. The predicted octanol–water partition coefficient (Wildman–Crippen LogP) is 2.32. The van der Waals surface area contributed by atoms with Crippen molar-refractivity contribution in [2.24, 2.45) is 5.92 Å². The predicted molar refractivity (Wildman–Crippen MR) is 85.1 cm³/mol. The molecule has 1 aliphatic heterocycles. The summed E-state index contributed by atoms with van der Waals surface area (Å²) < 4.78 is 0. The van der Waals surface area contributed by atoms with E-state index < -0.39 is 0 Å².